The Bertz CT molecular complexity index is 1420. The number of aromatic nitrogens is 4. The average molecular weight is 500 g/mol. The number of rotatable bonds is 6. The van der Waals surface area contributed by atoms with Crippen LogP contribution in [0.25, 0.3) is 11.0 Å². The van der Waals surface area contributed by atoms with Gasteiger partial charge in [0.1, 0.15) is 11.5 Å². The first-order chi connectivity index (χ1) is 17.8. The number of hydrogen-bond donors (Lipinski definition) is 2. The highest BCUT2D eigenvalue weighted by Gasteiger charge is 2.27. The van der Waals surface area contributed by atoms with E-state index in [4.69, 9.17) is 14.7 Å². The summed E-state index contributed by atoms with van der Waals surface area (Å²) in [5.41, 5.74) is 5.48. The zero-order chi connectivity index (χ0) is 26.1. The van der Waals surface area contributed by atoms with Crippen molar-refractivity contribution in [2.75, 3.05) is 13.2 Å². The quantitative estimate of drug-likeness (QED) is 0.392. The van der Waals surface area contributed by atoms with Crippen LogP contribution in [0, 0.1) is 20.8 Å². The van der Waals surface area contributed by atoms with E-state index in [1.165, 1.54) is 0 Å². The van der Waals surface area contributed by atoms with Gasteiger partial charge >= 0.3 is 0 Å². The maximum atomic E-state index is 13.6. The molecule has 1 saturated heterocycles. The number of carbonyl (C=O) groups excluding carboxylic acids is 1. The van der Waals surface area contributed by atoms with Gasteiger partial charge in [0.25, 0.3) is 5.91 Å². The van der Waals surface area contributed by atoms with E-state index in [0.717, 1.165) is 52.2 Å². The summed E-state index contributed by atoms with van der Waals surface area (Å²) in [5.74, 6) is 0.751. The molecule has 4 aromatic rings. The van der Waals surface area contributed by atoms with Crippen LogP contribution in [-0.2, 0) is 11.3 Å². The second-order valence-electron chi connectivity index (χ2n) is 9.83. The first-order valence-corrected chi connectivity index (χ1v) is 12.8. The molecule has 37 heavy (non-hydrogen) atoms. The fourth-order valence-electron chi connectivity index (χ4n) is 5.33. The van der Waals surface area contributed by atoms with Crippen LogP contribution in [0.4, 0.5) is 0 Å². The number of ether oxygens (including phenoxy) is 1. The van der Waals surface area contributed by atoms with Crippen LogP contribution < -0.4 is 5.32 Å². The van der Waals surface area contributed by atoms with Crippen LogP contribution in [0.2, 0.25) is 0 Å². The Labute approximate surface area is 216 Å². The summed E-state index contributed by atoms with van der Waals surface area (Å²) in [4.78, 5) is 27.5. The van der Waals surface area contributed by atoms with E-state index in [0.29, 0.717) is 24.3 Å². The lowest BCUT2D eigenvalue weighted by Gasteiger charge is -2.21. The van der Waals surface area contributed by atoms with E-state index in [1.807, 2.05) is 45.0 Å². The van der Waals surface area contributed by atoms with E-state index in [1.54, 1.807) is 6.20 Å². The van der Waals surface area contributed by atoms with Gasteiger partial charge in [-0.1, -0.05) is 30.3 Å². The largest absolute Gasteiger partial charge is 0.493 e. The standard InChI is InChI=1S/C29H33N5O3/c1-17-14-18(2)32-28(35)23(17)15-31-29(36)25-20(4)34(19(3)21-8-6-5-7-9-21)27-24(25)16-30-26(33-27)22-10-12-37-13-11-22/h5-9,14,16,19,22H,10-13,15H2,1-4H3,(H,31,36)(H,32,35)/t19-/m1/s1. The fourth-order valence-corrected chi connectivity index (χ4v) is 5.33. The van der Waals surface area contributed by atoms with Crippen molar-refractivity contribution >= 4 is 16.9 Å². The third kappa shape index (κ3) is 4.81. The molecule has 1 fully saturated rings. The summed E-state index contributed by atoms with van der Waals surface area (Å²) < 4.78 is 7.67. The lowest BCUT2D eigenvalue weighted by Crippen LogP contribution is -2.24. The Morgan fingerprint density at radius 3 is 2.59 bits per heavy atom. The summed E-state index contributed by atoms with van der Waals surface area (Å²) >= 11 is 0. The van der Waals surface area contributed by atoms with E-state index in [-0.39, 0.29) is 30.3 Å². The molecule has 8 heteroatoms. The van der Waals surface area contributed by atoms with E-state index in [2.05, 4.69) is 33.9 Å². The molecule has 4 heterocycles. The summed E-state index contributed by atoms with van der Waals surface area (Å²) in [5, 5.41) is 14.1. The highest BCUT2D eigenvalue weighted by atomic mass is 16.5. The second-order valence-corrected chi connectivity index (χ2v) is 9.83. The first kappa shape index (κ1) is 24.9. The molecule has 3 aromatic heterocycles. The Hall–Kier alpha value is -3.78. The van der Waals surface area contributed by atoms with Gasteiger partial charge in [-0.25, -0.2) is 15.0 Å². The highest BCUT2D eigenvalue weighted by molar-refractivity contribution is 6.07. The van der Waals surface area contributed by atoms with Gasteiger partial charge in [0.2, 0.25) is 5.88 Å². The van der Waals surface area contributed by atoms with E-state index >= 15 is 0 Å². The van der Waals surface area contributed by atoms with Crippen LogP contribution in [0.1, 0.15) is 76.0 Å². The third-order valence-electron chi connectivity index (χ3n) is 7.37. The molecule has 1 aliphatic rings. The van der Waals surface area contributed by atoms with Crippen molar-refractivity contribution in [2.45, 2.75) is 59.0 Å². The number of pyridine rings is 1. The molecule has 1 aromatic carbocycles. The Kier molecular flexibility index (Phi) is 6.93. The number of benzene rings is 1. The maximum absolute atomic E-state index is 13.6. The van der Waals surface area contributed by atoms with Gasteiger partial charge < -0.3 is 19.7 Å². The van der Waals surface area contributed by atoms with Crippen molar-refractivity contribution < 1.29 is 14.6 Å². The molecule has 1 aliphatic heterocycles. The molecule has 0 unspecified atom stereocenters. The lowest BCUT2D eigenvalue weighted by molar-refractivity contribution is 0.0836. The number of aryl methyl sites for hydroxylation is 2. The average Bonchev–Trinajstić information content (AvgIpc) is 3.19. The van der Waals surface area contributed by atoms with E-state index < -0.39 is 0 Å². The minimum Gasteiger partial charge on any atom is -0.493 e. The Morgan fingerprint density at radius 2 is 1.89 bits per heavy atom. The highest BCUT2D eigenvalue weighted by Crippen LogP contribution is 2.33. The Morgan fingerprint density at radius 1 is 1.16 bits per heavy atom. The maximum Gasteiger partial charge on any atom is 0.254 e. The molecule has 192 valence electrons. The van der Waals surface area contributed by atoms with Crippen LogP contribution in [-0.4, -0.2) is 43.7 Å². The normalized spacial score (nSPS) is 15.1. The first-order valence-electron chi connectivity index (χ1n) is 12.8. The summed E-state index contributed by atoms with van der Waals surface area (Å²) in [7, 11) is 0. The fraction of sp³-hybridized carbons (Fsp3) is 0.379. The molecule has 8 nitrogen and oxygen atoms in total. The zero-order valence-corrected chi connectivity index (χ0v) is 21.8. The van der Waals surface area contributed by atoms with Crippen molar-refractivity contribution in [3.05, 3.63) is 82.1 Å². The summed E-state index contributed by atoms with van der Waals surface area (Å²) in [6, 6.07) is 12.1. The number of amides is 1. The van der Waals surface area contributed by atoms with Crippen LogP contribution in [0.15, 0.2) is 42.6 Å². The molecule has 0 aliphatic carbocycles. The predicted octanol–water partition coefficient (Wildman–Crippen LogP) is 4.89. The second kappa shape index (κ2) is 10.3. The van der Waals surface area contributed by atoms with Gasteiger partial charge in [-0.3, -0.25) is 4.79 Å². The van der Waals surface area contributed by atoms with Crippen LogP contribution in [0.3, 0.4) is 0 Å². The van der Waals surface area contributed by atoms with Gasteiger partial charge in [0, 0.05) is 48.8 Å². The number of nitrogens with zero attached hydrogens (tertiary/aromatic N) is 4. The predicted molar refractivity (Wildman–Crippen MR) is 142 cm³/mol. The molecule has 1 amide bonds. The molecule has 0 saturated carbocycles. The summed E-state index contributed by atoms with van der Waals surface area (Å²) in [6.45, 7) is 9.40. The molecular formula is C29H33N5O3. The Balaban J connectivity index is 1.56. The minimum absolute atomic E-state index is 0.0322. The van der Waals surface area contributed by atoms with Crippen molar-refractivity contribution in [1.82, 2.24) is 24.8 Å². The molecule has 5 rings (SSSR count). The third-order valence-corrected chi connectivity index (χ3v) is 7.37. The lowest BCUT2D eigenvalue weighted by atomic mass is 9.99. The number of hydrogen-bond acceptors (Lipinski definition) is 6. The monoisotopic (exact) mass is 499 g/mol. The zero-order valence-electron chi connectivity index (χ0n) is 21.8. The molecule has 0 radical (unpaired) electrons. The van der Waals surface area contributed by atoms with Crippen molar-refractivity contribution in [3.8, 4) is 5.88 Å². The van der Waals surface area contributed by atoms with Crippen LogP contribution >= 0.6 is 0 Å². The topological polar surface area (TPSA) is 102 Å². The molecule has 2 N–H and O–H groups in total. The number of carbonyl (C=O) groups is 1. The van der Waals surface area contributed by atoms with Crippen molar-refractivity contribution in [2.24, 2.45) is 0 Å². The molecule has 0 spiro atoms. The smallest absolute Gasteiger partial charge is 0.254 e. The SMILES string of the molecule is Cc1cc(C)c(CNC(=O)c2c(C)n([C@H](C)c3ccccc3)c3nc(C4CCOCC4)ncc23)c(O)n1. The van der Waals surface area contributed by atoms with Crippen molar-refractivity contribution in [1.29, 1.82) is 0 Å². The molecule has 0 bridgehead atoms. The van der Waals surface area contributed by atoms with Gasteiger partial charge in [0.15, 0.2) is 0 Å². The van der Waals surface area contributed by atoms with Gasteiger partial charge in [0.05, 0.1) is 17.0 Å². The van der Waals surface area contributed by atoms with Crippen LogP contribution in [0.5, 0.6) is 5.88 Å². The van der Waals surface area contributed by atoms with Gasteiger partial charge in [-0.05, 0) is 57.7 Å². The number of fused-ring (bicyclic) bond motifs is 1. The summed E-state index contributed by atoms with van der Waals surface area (Å²) in [6.07, 6.45) is 3.57. The van der Waals surface area contributed by atoms with Crippen molar-refractivity contribution in [3.63, 3.8) is 0 Å². The molecule has 1 atom stereocenters. The van der Waals surface area contributed by atoms with Gasteiger partial charge in [-0.15, -0.1) is 0 Å². The minimum atomic E-state index is -0.233. The van der Waals surface area contributed by atoms with Gasteiger partial charge in [-0.2, -0.15) is 0 Å². The number of nitrogens with one attached hydrogen (secondary N) is 1. The number of aromatic hydroxyl groups is 1. The molecular weight excluding hydrogens is 466 g/mol. The van der Waals surface area contributed by atoms with E-state index in [9.17, 15) is 9.90 Å².